The number of ether oxygens (including phenoxy) is 1. The highest BCUT2D eigenvalue weighted by molar-refractivity contribution is 5.68. The van der Waals surface area contributed by atoms with Gasteiger partial charge in [-0.2, -0.15) is 13.2 Å². The van der Waals surface area contributed by atoms with Gasteiger partial charge in [0.25, 0.3) is 0 Å². The van der Waals surface area contributed by atoms with E-state index in [4.69, 9.17) is 4.74 Å². The fourth-order valence-electron chi connectivity index (χ4n) is 2.18. The average molecular weight is 283 g/mol. The highest BCUT2D eigenvalue weighted by Gasteiger charge is 2.57. The first-order chi connectivity index (χ1) is 8.39. The fourth-order valence-corrected chi connectivity index (χ4v) is 2.18. The lowest BCUT2D eigenvalue weighted by atomic mass is 9.80. The van der Waals surface area contributed by atoms with Crippen molar-refractivity contribution in [1.82, 2.24) is 4.90 Å². The Labute approximate surface area is 110 Å². The van der Waals surface area contributed by atoms with Gasteiger partial charge < -0.3 is 14.7 Å². The number of carbonyl (C=O) groups excluding carboxylic acids is 1. The molecule has 1 aliphatic rings. The van der Waals surface area contributed by atoms with Gasteiger partial charge in [0.15, 0.2) is 0 Å². The van der Waals surface area contributed by atoms with Crippen LogP contribution in [0.15, 0.2) is 0 Å². The summed E-state index contributed by atoms with van der Waals surface area (Å²) < 4.78 is 43.8. The quantitative estimate of drug-likeness (QED) is 0.804. The molecule has 1 saturated heterocycles. The molecule has 0 saturated carbocycles. The zero-order valence-electron chi connectivity index (χ0n) is 11.5. The van der Waals surface area contributed by atoms with Gasteiger partial charge >= 0.3 is 12.3 Å². The molecule has 1 amide bonds. The first-order valence-electron chi connectivity index (χ1n) is 6.04. The Morgan fingerprint density at radius 3 is 2.26 bits per heavy atom. The molecule has 0 aliphatic carbocycles. The van der Waals surface area contributed by atoms with Crippen molar-refractivity contribution < 1.29 is 27.8 Å². The van der Waals surface area contributed by atoms with Gasteiger partial charge in [-0.15, -0.1) is 0 Å². The summed E-state index contributed by atoms with van der Waals surface area (Å²) >= 11 is 0. The Balaban J connectivity index is 2.85. The molecule has 1 fully saturated rings. The van der Waals surface area contributed by atoms with Crippen LogP contribution in [0.3, 0.4) is 0 Å². The molecule has 0 spiro atoms. The molecule has 0 aromatic rings. The van der Waals surface area contributed by atoms with E-state index in [1.54, 1.807) is 20.8 Å². The zero-order valence-corrected chi connectivity index (χ0v) is 11.5. The molecule has 1 heterocycles. The zero-order chi connectivity index (χ0) is 15.1. The number of nitrogens with zero attached hydrogens (tertiary/aromatic N) is 1. The highest BCUT2D eigenvalue weighted by atomic mass is 19.4. The predicted octanol–water partition coefficient (Wildman–Crippen LogP) is 2.41. The fraction of sp³-hybridized carbons (Fsp3) is 0.917. The molecule has 0 unspecified atom stereocenters. The summed E-state index contributed by atoms with van der Waals surface area (Å²) in [5.74, 6) is -1.74. The maximum Gasteiger partial charge on any atom is 0.410 e. The monoisotopic (exact) mass is 283 g/mol. The number of aliphatic hydroxyl groups is 1. The van der Waals surface area contributed by atoms with Crippen LogP contribution < -0.4 is 0 Å². The second-order valence-electron chi connectivity index (χ2n) is 6.27. The van der Waals surface area contributed by atoms with E-state index in [0.717, 1.165) is 4.90 Å². The predicted molar refractivity (Wildman–Crippen MR) is 62.5 cm³/mol. The highest BCUT2D eigenvalue weighted by Crippen LogP contribution is 2.45. The van der Waals surface area contributed by atoms with Crippen LogP contribution in [-0.2, 0) is 4.74 Å². The number of hydrogen-bond acceptors (Lipinski definition) is 3. The molecule has 1 rings (SSSR count). The number of hydrogen-bond donors (Lipinski definition) is 1. The minimum absolute atomic E-state index is 0.164. The number of likely N-dealkylation sites (tertiary alicyclic amines) is 1. The molecule has 4 nitrogen and oxygen atoms in total. The van der Waals surface area contributed by atoms with Crippen molar-refractivity contribution in [3.63, 3.8) is 0 Å². The summed E-state index contributed by atoms with van der Waals surface area (Å²) in [5.41, 5.74) is -2.14. The van der Waals surface area contributed by atoms with E-state index in [-0.39, 0.29) is 6.54 Å². The minimum Gasteiger partial charge on any atom is -0.444 e. The molecule has 1 aliphatic heterocycles. The van der Waals surface area contributed by atoms with Gasteiger partial charge in [-0.05, 0) is 20.8 Å². The van der Waals surface area contributed by atoms with Crippen LogP contribution in [0.1, 0.15) is 27.7 Å². The molecular weight excluding hydrogens is 263 g/mol. The Hall–Kier alpha value is -0.980. The molecule has 0 bridgehead atoms. The first kappa shape index (κ1) is 16.1. The Morgan fingerprint density at radius 1 is 1.42 bits per heavy atom. The van der Waals surface area contributed by atoms with Crippen molar-refractivity contribution in [2.75, 3.05) is 19.7 Å². The van der Waals surface area contributed by atoms with E-state index in [9.17, 15) is 23.1 Å². The van der Waals surface area contributed by atoms with Crippen molar-refractivity contribution in [3.8, 4) is 0 Å². The molecule has 0 aromatic carbocycles. The number of aliphatic hydroxyl groups excluding tert-OH is 1. The smallest absolute Gasteiger partial charge is 0.410 e. The summed E-state index contributed by atoms with van der Waals surface area (Å²) in [6.07, 6.45) is -5.23. The maximum absolute atomic E-state index is 12.9. The lowest BCUT2D eigenvalue weighted by Crippen LogP contribution is -2.39. The van der Waals surface area contributed by atoms with E-state index in [1.807, 2.05) is 0 Å². The Morgan fingerprint density at radius 2 is 1.95 bits per heavy atom. The average Bonchev–Trinajstić information content (AvgIpc) is 2.54. The van der Waals surface area contributed by atoms with Gasteiger partial charge in [-0.1, -0.05) is 6.92 Å². The van der Waals surface area contributed by atoms with Crippen LogP contribution in [0.4, 0.5) is 18.0 Å². The van der Waals surface area contributed by atoms with Crippen molar-refractivity contribution >= 4 is 6.09 Å². The van der Waals surface area contributed by atoms with E-state index in [1.165, 1.54) is 6.92 Å². The van der Waals surface area contributed by atoms with E-state index >= 15 is 0 Å². The van der Waals surface area contributed by atoms with E-state index < -0.39 is 42.4 Å². The molecule has 2 atom stereocenters. The van der Waals surface area contributed by atoms with Crippen molar-refractivity contribution in [3.05, 3.63) is 0 Å². The topological polar surface area (TPSA) is 49.8 Å². The Bertz CT molecular complexity index is 351. The third kappa shape index (κ3) is 3.75. The largest absolute Gasteiger partial charge is 0.444 e. The third-order valence-corrected chi connectivity index (χ3v) is 3.20. The SMILES string of the molecule is CC(C)(C)OC(=O)N1C[C@H](C(F)(F)F)[C@@](C)(CO)C1. The maximum atomic E-state index is 12.9. The Kier molecular flexibility index (Phi) is 4.10. The second-order valence-corrected chi connectivity index (χ2v) is 6.27. The van der Waals surface area contributed by atoms with Crippen LogP contribution in [-0.4, -0.2) is 47.6 Å². The summed E-state index contributed by atoms with van der Waals surface area (Å²) in [4.78, 5) is 12.8. The number of rotatable bonds is 1. The number of carbonyl (C=O) groups is 1. The molecule has 1 N–H and O–H groups in total. The molecule has 112 valence electrons. The van der Waals surface area contributed by atoms with Gasteiger partial charge in [0, 0.05) is 18.5 Å². The van der Waals surface area contributed by atoms with Crippen molar-refractivity contribution in [2.24, 2.45) is 11.3 Å². The van der Waals surface area contributed by atoms with Crippen molar-refractivity contribution in [2.45, 2.75) is 39.5 Å². The van der Waals surface area contributed by atoms with Gasteiger partial charge in [0.1, 0.15) is 5.60 Å². The summed E-state index contributed by atoms with van der Waals surface area (Å²) in [5, 5.41) is 9.21. The first-order valence-corrected chi connectivity index (χ1v) is 6.04. The van der Waals surface area contributed by atoms with E-state index in [2.05, 4.69) is 0 Å². The molecule has 19 heavy (non-hydrogen) atoms. The number of amides is 1. The molecule has 0 aromatic heterocycles. The molecule has 7 heteroatoms. The summed E-state index contributed by atoms with van der Waals surface area (Å²) in [6, 6.07) is 0. The molecule has 0 radical (unpaired) electrons. The summed E-state index contributed by atoms with van der Waals surface area (Å²) in [7, 11) is 0. The normalized spacial score (nSPS) is 28.6. The third-order valence-electron chi connectivity index (χ3n) is 3.20. The van der Waals surface area contributed by atoms with Crippen LogP contribution in [0, 0.1) is 11.3 Å². The minimum atomic E-state index is -4.45. The lowest BCUT2D eigenvalue weighted by Gasteiger charge is -2.29. The van der Waals surface area contributed by atoms with Crippen LogP contribution >= 0.6 is 0 Å². The van der Waals surface area contributed by atoms with Crippen LogP contribution in [0.5, 0.6) is 0 Å². The van der Waals surface area contributed by atoms with Crippen LogP contribution in [0.2, 0.25) is 0 Å². The van der Waals surface area contributed by atoms with Gasteiger partial charge in [-0.25, -0.2) is 4.79 Å². The van der Waals surface area contributed by atoms with Gasteiger partial charge in [0.2, 0.25) is 0 Å². The number of alkyl halides is 3. The van der Waals surface area contributed by atoms with E-state index in [0.29, 0.717) is 0 Å². The van der Waals surface area contributed by atoms with Gasteiger partial charge in [0.05, 0.1) is 12.5 Å². The second kappa shape index (κ2) is 4.85. The van der Waals surface area contributed by atoms with Crippen LogP contribution in [0.25, 0.3) is 0 Å². The standard InChI is InChI=1S/C12H20F3NO3/c1-10(2,3)19-9(18)16-5-8(12(13,14)15)11(4,6-16)7-17/h8,17H,5-7H2,1-4H3/t8-,11+/m0/s1. The lowest BCUT2D eigenvalue weighted by molar-refractivity contribution is -0.197. The van der Waals surface area contributed by atoms with Crippen molar-refractivity contribution in [1.29, 1.82) is 0 Å². The van der Waals surface area contributed by atoms with Gasteiger partial charge in [-0.3, -0.25) is 0 Å². The summed E-state index contributed by atoms with van der Waals surface area (Å²) in [6.45, 7) is 5.00. The number of halogens is 3. The molecular formula is C12H20F3NO3.